The van der Waals surface area contributed by atoms with Gasteiger partial charge in [-0.3, -0.25) is 0 Å². The third-order valence-electron chi connectivity index (χ3n) is 4.99. The van der Waals surface area contributed by atoms with E-state index in [1.807, 2.05) is 18.2 Å². The number of aliphatic hydroxyl groups is 1. The molecule has 0 amide bonds. The molecule has 1 saturated carbocycles. The van der Waals surface area contributed by atoms with Gasteiger partial charge in [0.15, 0.2) is 11.5 Å². The van der Waals surface area contributed by atoms with Gasteiger partial charge in [0.05, 0.1) is 25.9 Å². The van der Waals surface area contributed by atoms with Gasteiger partial charge in [-0.25, -0.2) is 0 Å². The van der Waals surface area contributed by atoms with E-state index in [2.05, 4.69) is 0 Å². The van der Waals surface area contributed by atoms with Crippen molar-refractivity contribution < 1.29 is 19.3 Å². The quantitative estimate of drug-likeness (QED) is 0.926. The smallest absolute Gasteiger partial charge is 0.161 e. The molecule has 0 bridgehead atoms. The largest absolute Gasteiger partial charge is 0.493 e. The lowest BCUT2D eigenvalue weighted by molar-refractivity contribution is -0.157. The maximum absolute atomic E-state index is 10.7. The number of hydrogen-bond donors (Lipinski definition) is 1. The van der Waals surface area contributed by atoms with E-state index in [1.165, 1.54) is 6.42 Å². The Labute approximate surface area is 126 Å². The lowest BCUT2D eigenvalue weighted by Crippen LogP contribution is -2.46. The van der Waals surface area contributed by atoms with Crippen LogP contribution in [0.3, 0.4) is 0 Å². The van der Waals surface area contributed by atoms with Gasteiger partial charge in [0.1, 0.15) is 0 Å². The molecule has 1 aromatic carbocycles. The van der Waals surface area contributed by atoms with Gasteiger partial charge in [0.25, 0.3) is 0 Å². The summed E-state index contributed by atoms with van der Waals surface area (Å²) in [6.45, 7) is 0.759. The molecular formula is C17H24O4. The predicted octanol–water partition coefficient (Wildman–Crippen LogP) is 3.09. The van der Waals surface area contributed by atoms with E-state index < -0.39 is 6.10 Å². The molecule has 4 heteroatoms. The Morgan fingerprint density at radius 3 is 2.62 bits per heavy atom. The molecule has 4 nitrogen and oxygen atoms in total. The molecule has 1 heterocycles. The van der Waals surface area contributed by atoms with E-state index >= 15 is 0 Å². The van der Waals surface area contributed by atoms with Crippen LogP contribution in [0.1, 0.15) is 43.8 Å². The second-order valence-corrected chi connectivity index (χ2v) is 6.20. The number of aliphatic hydroxyl groups excluding tert-OH is 1. The highest BCUT2D eigenvalue weighted by Crippen LogP contribution is 2.47. The summed E-state index contributed by atoms with van der Waals surface area (Å²) in [7, 11) is 3.23. The van der Waals surface area contributed by atoms with Crippen LogP contribution in [0.15, 0.2) is 18.2 Å². The summed E-state index contributed by atoms with van der Waals surface area (Å²) in [5.74, 6) is 1.62. The maximum Gasteiger partial charge on any atom is 0.161 e. The minimum Gasteiger partial charge on any atom is -0.493 e. The minimum absolute atomic E-state index is 0.0560. The third-order valence-corrected chi connectivity index (χ3v) is 4.99. The highest BCUT2D eigenvalue weighted by molar-refractivity contribution is 5.43. The van der Waals surface area contributed by atoms with E-state index in [4.69, 9.17) is 14.2 Å². The molecule has 0 radical (unpaired) electrons. The van der Waals surface area contributed by atoms with Crippen LogP contribution < -0.4 is 9.47 Å². The summed E-state index contributed by atoms with van der Waals surface area (Å²) in [5.41, 5.74) is 0.953. The normalized spacial score (nSPS) is 25.2. The predicted molar refractivity (Wildman–Crippen MR) is 79.8 cm³/mol. The molecule has 1 aliphatic heterocycles. The van der Waals surface area contributed by atoms with Crippen molar-refractivity contribution in [1.82, 2.24) is 0 Å². The van der Waals surface area contributed by atoms with Crippen molar-refractivity contribution >= 4 is 0 Å². The minimum atomic E-state index is -0.466. The highest BCUT2D eigenvalue weighted by atomic mass is 16.5. The topological polar surface area (TPSA) is 47.9 Å². The SMILES string of the molecule is COc1ccc(C(O)C2CCOC3(CCC3)C2)cc1OC. The van der Waals surface area contributed by atoms with Gasteiger partial charge in [0.2, 0.25) is 0 Å². The number of hydrogen-bond acceptors (Lipinski definition) is 4. The van der Waals surface area contributed by atoms with Crippen molar-refractivity contribution in [2.24, 2.45) is 5.92 Å². The Hall–Kier alpha value is -1.26. The molecule has 2 atom stereocenters. The van der Waals surface area contributed by atoms with E-state index in [0.29, 0.717) is 11.5 Å². The fourth-order valence-corrected chi connectivity index (χ4v) is 3.56. The Bertz CT molecular complexity index is 496. The van der Waals surface area contributed by atoms with Crippen LogP contribution in [0.25, 0.3) is 0 Å². The molecular weight excluding hydrogens is 268 g/mol. The standard InChI is InChI=1S/C17H24O4/c1-19-14-5-4-12(10-15(14)20-2)16(18)13-6-9-21-17(11-13)7-3-8-17/h4-5,10,13,16,18H,3,6-9,11H2,1-2H3. The summed E-state index contributed by atoms with van der Waals surface area (Å²) in [6, 6.07) is 5.66. The maximum atomic E-state index is 10.7. The van der Waals surface area contributed by atoms with Gasteiger partial charge in [-0.1, -0.05) is 6.07 Å². The van der Waals surface area contributed by atoms with Crippen molar-refractivity contribution in [1.29, 1.82) is 0 Å². The van der Waals surface area contributed by atoms with Crippen LogP contribution in [0.5, 0.6) is 11.5 Å². The van der Waals surface area contributed by atoms with Crippen molar-refractivity contribution in [3.63, 3.8) is 0 Å². The van der Waals surface area contributed by atoms with Crippen LogP contribution in [-0.2, 0) is 4.74 Å². The zero-order valence-corrected chi connectivity index (χ0v) is 12.8. The fourth-order valence-electron chi connectivity index (χ4n) is 3.56. The van der Waals surface area contributed by atoms with Crippen molar-refractivity contribution in [2.75, 3.05) is 20.8 Å². The van der Waals surface area contributed by atoms with Gasteiger partial charge < -0.3 is 19.3 Å². The average molecular weight is 292 g/mol. The van der Waals surface area contributed by atoms with Crippen LogP contribution in [0.2, 0.25) is 0 Å². The molecule has 2 unspecified atom stereocenters. The summed E-state index contributed by atoms with van der Waals surface area (Å²) in [5, 5.41) is 10.7. The van der Waals surface area contributed by atoms with Crippen LogP contribution in [0, 0.1) is 5.92 Å². The molecule has 3 rings (SSSR count). The van der Waals surface area contributed by atoms with Gasteiger partial charge in [-0.15, -0.1) is 0 Å². The van der Waals surface area contributed by atoms with Crippen molar-refractivity contribution in [3.8, 4) is 11.5 Å². The monoisotopic (exact) mass is 292 g/mol. The first kappa shape index (κ1) is 14.7. The second-order valence-electron chi connectivity index (χ2n) is 6.20. The highest BCUT2D eigenvalue weighted by Gasteiger charge is 2.44. The van der Waals surface area contributed by atoms with E-state index in [0.717, 1.165) is 37.9 Å². The molecule has 1 N–H and O–H groups in total. The first-order chi connectivity index (χ1) is 10.2. The third kappa shape index (κ3) is 2.74. The Balaban J connectivity index is 1.76. The van der Waals surface area contributed by atoms with Gasteiger partial charge in [0, 0.05) is 6.61 Å². The molecule has 2 aliphatic rings. The van der Waals surface area contributed by atoms with Crippen LogP contribution in [-0.4, -0.2) is 31.5 Å². The summed E-state index contributed by atoms with van der Waals surface area (Å²) >= 11 is 0. The Morgan fingerprint density at radius 2 is 2.00 bits per heavy atom. The number of ether oxygens (including phenoxy) is 3. The molecule has 1 spiro atoms. The summed E-state index contributed by atoms with van der Waals surface area (Å²) in [6.07, 6.45) is 4.94. The van der Waals surface area contributed by atoms with Gasteiger partial charge in [-0.2, -0.15) is 0 Å². The zero-order valence-electron chi connectivity index (χ0n) is 12.8. The van der Waals surface area contributed by atoms with E-state index in [9.17, 15) is 5.11 Å². The zero-order chi connectivity index (χ0) is 14.9. The first-order valence-electron chi connectivity index (χ1n) is 7.71. The van der Waals surface area contributed by atoms with E-state index in [1.54, 1.807) is 14.2 Å². The lowest BCUT2D eigenvalue weighted by Gasteiger charge is -2.48. The number of methoxy groups -OCH3 is 2. The first-order valence-corrected chi connectivity index (χ1v) is 7.71. The van der Waals surface area contributed by atoms with Crippen molar-refractivity contribution in [2.45, 2.75) is 43.8 Å². The molecule has 21 heavy (non-hydrogen) atoms. The molecule has 0 aromatic heterocycles. The molecule has 2 fully saturated rings. The summed E-state index contributed by atoms with van der Waals surface area (Å²) < 4.78 is 16.5. The van der Waals surface area contributed by atoms with Gasteiger partial charge >= 0.3 is 0 Å². The molecule has 1 aromatic rings. The van der Waals surface area contributed by atoms with Gasteiger partial charge in [-0.05, 0) is 55.7 Å². The summed E-state index contributed by atoms with van der Waals surface area (Å²) in [4.78, 5) is 0. The molecule has 1 aliphatic carbocycles. The fraction of sp³-hybridized carbons (Fsp3) is 0.647. The van der Waals surface area contributed by atoms with Crippen LogP contribution in [0.4, 0.5) is 0 Å². The molecule has 116 valence electrons. The van der Waals surface area contributed by atoms with E-state index in [-0.39, 0.29) is 11.5 Å². The molecule has 1 saturated heterocycles. The average Bonchev–Trinajstić information content (AvgIpc) is 2.52. The lowest BCUT2D eigenvalue weighted by atomic mass is 9.70. The van der Waals surface area contributed by atoms with Crippen molar-refractivity contribution in [3.05, 3.63) is 23.8 Å². The number of rotatable bonds is 4. The van der Waals surface area contributed by atoms with Crippen LogP contribution >= 0.6 is 0 Å². The Kier molecular flexibility index (Phi) is 4.09. The number of benzene rings is 1. The Morgan fingerprint density at radius 1 is 1.24 bits per heavy atom. The second kappa shape index (κ2) is 5.85.